The zero-order valence-corrected chi connectivity index (χ0v) is 37.8. The van der Waals surface area contributed by atoms with Crippen LogP contribution < -0.4 is 5.32 Å². The lowest BCUT2D eigenvalue weighted by molar-refractivity contribution is -0.128. The lowest BCUT2D eigenvalue weighted by atomic mass is 9.69. The molecule has 298 valence electrons. The first kappa shape index (κ1) is 47.8. The Kier molecular flexibility index (Phi) is 19.0. The standard InChI is InChI=1S/C8H15NO.C8H16O.C8H16.C7H14O.C7H14S.C7H14/c1-8(2,3)7(10)9-6-4-5-6;1-8(2,3)6-9-7-4-5-7;1-8(2,3)7-5-4-6-7;2*1-7(2,3)8-6-4-5-6;1-7(2,3)6-4-5-6/h6H,4-5H2,1-3H3,(H,9,10);7H,4-6H2,1-3H3;7H,4-6H2,1-3H3;2*6H,4-5H2,1-3H3;6H,4-5H2,1-3H3. The number of hydrogen-bond acceptors (Lipinski definition) is 4. The van der Waals surface area contributed by atoms with E-state index in [-0.39, 0.29) is 16.9 Å². The molecule has 0 spiro atoms. The van der Waals surface area contributed by atoms with Crippen molar-refractivity contribution in [2.45, 2.75) is 242 Å². The van der Waals surface area contributed by atoms with Crippen molar-refractivity contribution in [3.63, 3.8) is 0 Å². The van der Waals surface area contributed by atoms with E-state index in [2.05, 4.69) is 121 Å². The van der Waals surface area contributed by atoms with E-state index >= 15 is 0 Å². The predicted molar refractivity (Wildman–Crippen MR) is 222 cm³/mol. The monoisotopic (exact) mass is 724 g/mol. The number of thioether (sulfide) groups is 1. The molecule has 0 radical (unpaired) electrons. The topological polar surface area (TPSA) is 47.6 Å². The van der Waals surface area contributed by atoms with Gasteiger partial charge in [0.2, 0.25) is 5.91 Å². The van der Waals surface area contributed by atoms with E-state index < -0.39 is 0 Å². The maximum Gasteiger partial charge on any atom is 0.225 e. The SMILES string of the molecule is CC(C)(C)C(=O)NC1CC1.CC(C)(C)C1CC1.CC(C)(C)C1CCC1.CC(C)(C)COC1CC1.CC(C)(C)OC1CC1.CC(C)(C)SC1CC1. The molecule has 6 rings (SSSR count). The highest BCUT2D eigenvalue weighted by molar-refractivity contribution is 8.01. The van der Waals surface area contributed by atoms with Gasteiger partial charge in [0.05, 0.1) is 24.4 Å². The lowest BCUT2D eigenvalue weighted by Gasteiger charge is -2.37. The quantitative estimate of drug-likeness (QED) is 0.307. The summed E-state index contributed by atoms with van der Waals surface area (Å²) in [6.07, 6.45) is 19.0. The van der Waals surface area contributed by atoms with Crippen LogP contribution in [0.25, 0.3) is 0 Å². The zero-order chi connectivity index (χ0) is 38.8. The molecule has 6 fully saturated rings. The van der Waals surface area contributed by atoms with Gasteiger partial charge >= 0.3 is 0 Å². The number of nitrogens with one attached hydrogen (secondary N) is 1. The average Bonchev–Trinajstić information content (AvgIpc) is 3.64. The molecule has 0 heterocycles. The second-order valence-electron chi connectivity index (χ2n) is 22.6. The number of carbonyl (C=O) groups excluding carboxylic acids is 1. The molecule has 0 atom stereocenters. The third-order valence-electron chi connectivity index (χ3n) is 9.09. The predicted octanol–water partition coefficient (Wildman–Crippen LogP) is 13.4. The molecule has 1 amide bonds. The second kappa shape index (κ2) is 19.9. The van der Waals surface area contributed by atoms with E-state index in [1.807, 2.05) is 20.8 Å². The summed E-state index contributed by atoms with van der Waals surface area (Å²) in [6.45, 7) is 40.5. The van der Waals surface area contributed by atoms with E-state index in [1.165, 1.54) is 83.5 Å². The molecular formula is C45H89NO3S. The van der Waals surface area contributed by atoms with E-state index in [1.54, 1.807) is 0 Å². The first-order chi connectivity index (χ1) is 22.4. The van der Waals surface area contributed by atoms with Crippen LogP contribution in [0.5, 0.6) is 0 Å². The molecule has 6 aliphatic rings. The van der Waals surface area contributed by atoms with Crippen molar-refractivity contribution in [3.05, 3.63) is 0 Å². The molecule has 0 unspecified atom stereocenters. The number of carbonyl (C=O) groups is 1. The molecule has 50 heavy (non-hydrogen) atoms. The summed E-state index contributed by atoms with van der Waals surface area (Å²) >= 11 is 2.12. The summed E-state index contributed by atoms with van der Waals surface area (Å²) in [5.41, 5.74) is 1.42. The molecule has 0 aromatic heterocycles. The third kappa shape index (κ3) is 30.2. The molecule has 0 saturated heterocycles. The normalized spacial score (nSPS) is 21.1. The van der Waals surface area contributed by atoms with Gasteiger partial charge in [0.1, 0.15) is 0 Å². The molecule has 0 aromatic rings. The fourth-order valence-corrected chi connectivity index (χ4v) is 6.20. The van der Waals surface area contributed by atoms with E-state index in [4.69, 9.17) is 9.47 Å². The highest BCUT2D eigenvalue weighted by atomic mass is 32.2. The van der Waals surface area contributed by atoms with Gasteiger partial charge in [-0.05, 0) is 126 Å². The highest BCUT2D eigenvalue weighted by Crippen LogP contribution is 2.44. The van der Waals surface area contributed by atoms with Crippen molar-refractivity contribution >= 4 is 17.7 Å². The average molecular weight is 724 g/mol. The first-order valence-corrected chi connectivity index (χ1v) is 21.6. The van der Waals surface area contributed by atoms with Crippen LogP contribution in [-0.4, -0.2) is 46.4 Å². The van der Waals surface area contributed by atoms with E-state index in [0.717, 1.165) is 23.7 Å². The van der Waals surface area contributed by atoms with E-state index in [0.29, 0.717) is 39.2 Å². The molecule has 0 aromatic carbocycles. The smallest absolute Gasteiger partial charge is 0.225 e. The third-order valence-corrected chi connectivity index (χ3v) is 10.6. The van der Waals surface area contributed by atoms with Crippen LogP contribution in [0.3, 0.4) is 0 Å². The van der Waals surface area contributed by atoms with Crippen LogP contribution in [0.4, 0.5) is 0 Å². The molecule has 0 bridgehead atoms. The van der Waals surface area contributed by atoms with Gasteiger partial charge in [-0.3, -0.25) is 4.79 Å². The molecular weight excluding hydrogens is 635 g/mol. The summed E-state index contributed by atoms with van der Waals surface area (Å²) in [4.78, 5) is 11.2. The van der Waals surface area contributed by atoms with Crippen LogP contribution in [0.15, 0.2) is 0 Å². The summed E-state index contributed by atoms with van der Waals surface area (Å²) in [5.74, 6) is 2.25. The minimum Gasteiger partial charge on any atom is -0.378 e. The molecule has 4 nitrogen and oxygen atoms in total. The zero-order valence-electron chi connectivity index (χ0n) is 37.0. The second-order valence-corrected chi connectivity index (χ2v) is 24.7. The fraction of sp³-hybridized carbons (Fsp3) is 0.978. The maximum absolute atomic E-state index is 11.2. The van der Waals surface area contributed by atoms with Crippen molar-refractivity contribution in [1.82, 2.24) is 5.32 Å². The Morgan fingerprint density at radius 1 is 0.580 bits per heavy atom. The first-order valence-electron chi connectivity index (χ1n) is 20.7. The summed E-state index contributed by atoms with van der Waals surface area (Å²) in [7, 11) is 0. The van der Waals surface area contributed by atoms with Gasteiger partial charge in [-0.1, -0.05) is 110 Å². The molecule has 1 N–H and O–H groups in total. The Balaban J connectivity index is 0.000000301. The van der Waals surface area contributed by atoms with Gasteiger partial charge in [0.25, 0.3) is 0 Å². The van der Waals surface area contributed by atoms with E-state index in [9.17, 15) is 4.79 Å². The fourth-order valence-electron chi connectivity index (χ4n) is 4.83. The molecule has 5 heteroatoms. The number of rotatable bonds is 5. The summed E-state index contributed by atoms with van der Waals surface area (Å²) < 4.78 is 11.6. The van der Waals surface area contributed by atoms with Crippen LogP contribution in [0.1, 0.15) is 208 Å². The van der Waals surface area contributed by atoms with Crippen LogP contribution in [-0.2, 0) is 14.3 Å². The largest absolute Gasteiger partial charge is 0.378 e. The van der Waals surface area contributed by atoms with Crippen molar-refractivity contribution in [2.24, 2.45) is 33.5 Å². The Morgan fingerprint density at radius 2 is 1.02 bits per heavy atom. The minimum atomic E-state index is -0.220. The Bertz CT molecular complexity index is 902. The van der Waals surface area contributed by atoms with Crippen LogP contribution in [0.2, 0.25) is 0 Å². The molecule has 6 aliphatic carbocycles. The Morgan fingerprint density at radius 3 is 1.18 bits per heavy atom. The van der Waals surface area contributed by atoms with Crippen LogP contribution in [0, 0.1) is 33.5 Å². The molecule has 0 aliphatic heterocycles. The van der Waals surface area contributed by atoms with Crippen LogP contribution >= 0.6 is 11.8 Å². The van der Waals surface area contributed by atoms with Gasteiger partial charge in [-0.15, -0.1) is 0 Å². The Hall–Kier alpha value is -0.260. The van der Waals surface area contributed by atoms with Crippen molar-refractivity contribution < 1.29 is 14.3 Å². The Labute approximate surface area is 318 Å². The van der Waals surface area contributed by atoms with Gasteiger partial charge in [-0.2, -0.15) is 11.8 Å². The number of hydrogen-bond donors (Lipinski definition) is 1. The van der Waals surface area contributed by atoms with Crippen molar-refractivity contribution in [3.8, 4) is 0 Å². The van der Waals surface area contributed by atoms with Gasteiger partial charge in [0.15, 0.2) is 0 Å². The van der Waals surface area contributed by atoms with Crippen molar-refractivity contribution in [2.75, 3.05) is 6.61 Å². The summed E-state index contributed by atoms with van der Waals surface area (Å²) in [5, 5.41) is 3.96. The van der Waals surface area contributed by atoms with Crippen molar-refractivity contribution in [1.29, 1.82) is 0 Å². The lowest BCUT2D eigenvalue weighted by Crippen LogP contribution is -2.36. The number of amides is 1. The minimum absolute atomic E-state index is 0.0845. The highest BCUT2D eigenvalue weighted by Gasteiger charge is 2.33. The maximum atomic E-state index is 11.2. The summed E-state index contributed by atoms with van der Waals surface area (Å²) in [6, 6.07) is 0.492. The van der Waals surface area contributed by atoms with Gasteiger partial charge in [0, 0.05) is 21.5 Å². The van der Waals surface area contributed by atoms with Gasteiger partial charge < -0.3 is 14.8 Å². The number of ether oxygens (including phenoxy) is 2. The van der Waals surface area contributed by atoms with Gasteiger partial charge in [-0.25, -0.2) is 0 Å². The molecule has 6 saturated carbocycles.